The number of nitrogens with zero attached hydrogens (tertiary/aromatic N) is 4. The Morgan fingerprint density at radius 3 is 2.80 bits per heavy atom. The number of rotatable bonds is 8. The fraction of sp³-hybridized carbons (Fsp3) is 0.588. The van der Waals surface area contributed by atoms with Crippen LogP contribution >= 0.6 is 11.3 Å². The van der Waals surface area contributed by atoms with Crippen LogP contribution in [0.3, 0.4) is 0 Å². The fourth-order valence-electron chi connectivity index (χ4n) is 2.63. The summed E-state index contributed by atoms with van der Waals surface area (Å²) >= 11 is 1.65. The van der Waals surface area contributed by atoms with Crippen LogP contribution in [0.5, 0.6) is 0 Å². The normalized spacial score (nSPS) is 12.2. The topological polar surface area (TPSA) is 72.3 Å². The summed E-state index contributed by atoms with van der Waals surface area (Å²) < 4.78 is 7.00. The van der Waals surface area contributed by atoms with Gasteiger partial charge in [-0.2, -0.15) is 5.10 Å². The zero-order chi connectivity index (χ0) is 18.4. The molecule has 8 heteroatoms. The molecule has 0 radical (unpaired) electrons. The van der Waals surface area contributed by atoms with Gasteiger partial charge >= 0.3 is 6.03 Å². The summed E-state index contributed by atoms with van der Waals surface area (Å²) in [5.41, 5.74) is 1.93. The summed E-state index contributed by atoms with van der Waals surface area (Å²) in [4.78, 5) is 20.1. The van der Waals surface area contributed by atoms with Gasteiger partial charge < -0.3 is 15.0 Å². The molecule has 1 N–H and O–H groups in total. The lowest BCUT2D eigenvalue weighted by molar-refractivity contribution is 0.145. The molecular formula is C17H27N5O2S. The maximum atomic E-state index is 12.7. The molecule has 2 amide bonds. The summed E-state index contributed by atoms with van der Waals surface area (Å²) in [6.07, 6.45) is 3.76. The van der Waals surface area contributed by atoms with Crippen molar-refractivity contribution in [3.8, 4) is 0 Å². The van der Waals surface area contributed by atoms with E-state index < -0.39 is 0 Å². The minimum Gasteiger partial charge on any atom is -0.383 e. The molecule has 138 valence electrons. The smallest absolute Gasteiger partial charge is 0.318 e. The number of urea groups is 1. The molecule has 0 bridgehead atoms. The van der Waals surface area contributed by atoms with Crippen LogP contribution in [-0.2, 0) is 17.8 Å². The molecule has 2 aromatic rings. The maximum absolute atomic E-state index is 12.7. The van der Waals surface area contributed by atoms with E-state index >= 15 is 0 Å². The quantitative estimate of drug-likeness (QED) is 0.781. The largest absolute Gasteiger partial charge is 0.383 e. The first-order valence-corrected chi connectivity index (χ1v) is 9.25. The number of hydrogen-bond donors (Lipinski definition) is 1. The molecule has 0 saturated carbocycles. The highest BCUT2D eigenvalue weighted by Gasteiger charge is 2.20. The van der Waals surface area contributed by atoms with Crippen LogP contribution in [0.1, 0.15) is 41.0 Å². The summed E-state index contributed by atoms with van der Waals surface area (Å²) in [5, 5.41) is 8.33. The van der Waals surface area contributed by atoms with Crippen LogP contribution in [-0.4, -0.2) is 46.0 Å². The van der Waals surface area contributed by atoms with Gasteiger partial charge in [-0.05, 0) is 27.7 Å². The molecule has 0 fully saturated rings. The van der Waals surface area contributed by atoms with Gasteiger partial charge in [-0.1, -0.05) is 0 Å². The molecule has 0 unspecified atom stereocenters. The molecule has 0 aliphatic heterocycles. The highest BCUT2D eigenvalue weighted by Crippen LogP contribution is 2.22. The minimum atomic E-state index is -0.138. The van der Waals surface area contributed by atoms with E-state index in [0.29, 0.717) is 19.7 Å². The molecule has 0 aliphatic rings. The van der Waals surface area contributed by atoms with Crippen LogP contribution in [0, 0.1) is 13.8 Å². The standard InChI is InChI=1S/C17H27N5O2S/c1-6-22-11-15(9-18-22)10-21(7-8-24-5)17(23)19-12(2)16-13(3)25-14(4)20-16/h9,11-12H,6-8,10H2,1-5H3,(H,19,23)/t12-/m0/s1. The minimum absolute atomic E-state index is 0.126. The van der Waals surface area contributed by atoms with Gasteiger partial charge in [0.05, 0.1) is 36.1 Å². The van der Waals surface area contributed by atoms with E-state index in [4.69, 9.17) is 4.74 Å². The number of thiazole rings is 1. The number of aromatic nitrogens is 3. The number of hydrogen-bond acceptors (Lipinski definition) is 5. The van der Waals surface area contributed by atoms with Crippen molar-refractivity contribution < 1.29 is 9.53 Å². The SMILES string of the molecule is CCn1cc(CN(CCOC)C(=O)N[C@@H](C)c2nc(C)sc2C)cn1. The molecule has 2 rings (SSSR count). The summed E-state index contributed by atoms with van der Waals surface area (Å²) in [6, 6.07) is -0.264. The Morgan fingerprint density at radius 2 is 2.24 bits per heavy atom. The van der Waals surface area contributed by atoms with Crippen LogP contribution in [0.25, 0.3) is 0 Å². The van der Waals surface area contributed by atoms with Crippen LogP contribution in [0.2, 0.25) is 0 Å². The lowest BCUT2D eigenvalue weighted by Gasteiger charge is -2.24. The van der Waals surface area contributed by atoms with Crippen molar-refractivity contribution in [2.45, 2.75) is 46.8 Å². The Hall–Kier alpha value is -1.93. The molecule has 25 heavy (non-hydrogen) atoms. The monoisotopic (exact) mass is 365 g/mol. The Morgan fingerprint density at radius 1 is 1.48 bits per heavy atom. The van der Waals surface area contributed by atoms with Crippen LogP contribution in [0.15, 0.2) is 12.4 Å². The fourth-order valence-corrected chi connectivity index (χ4v) is 3.54. The van der Waals surface area contributed by atoms with E-state index in [0.717, 1.165) is 27.7 Å². The number of amides is 2. The van der Waals surface area contributed by atoms with Crippen molar-refractivity contribution in [2.24, 2.45) is 0 Å². The van der Waals surface area contributed by atoms with Gasteiger partial charge in [0.25, 0.3) is 0 Å². The predicted octanol–water partition coefficient (Wildman–Crippen LogP) is 2.90. The molecule has 0 aliphatic carbocycles. The van der Waals surface area contributed by atoms with Crippen molar-refractivity contribution in [1.29, 1.82) is 0 Å². The maximum Gasteiger partial charge on any atom is 0.318 e. The molecule has 0 spiro atoms. The van der Waals surface area contributed by atoms with Crippen molar-refractivity contribution in [3.05, 3.63) is 33.5 Å². The van der Waals surface area contributed by atoms with Gasteiger partial charge in [-0.25, -0.2) is 9.78 Å². The number of ether oxygens (including phenoxy) is 1. The number of aryl methyl sites for hydroxylation is 3. The third kappa shape index (κ3) is 5.27. The Balaban J connectivity index is 2.05. The van der Waals surface area contributed by atoms with Gasteiger partial charge in [-0.3, -0.25) is 4.68 Å². The Kier molecular flexibility index (Phi) is 6.95. The molecule has 1 atom stereocenters. The van der Waals surface area contributed by atoms with E-state index in [1.807, 2.05) is 38.6 Å². The zero-order valence-corrected chi connectivity index (χ0v) is 16.4. The second kappa shape index (κ2) is 8.96. The number of carbonyl (C=O) groups is 1. The second-order valence-electron chi connectivity index (χ2n) is 5.96. The average molecular weight is 366 g/mol. The van der Waals surface area contributed by atoms with Gasteiger partial charge in [0.2, 0.25) is 0 Å². The van der Waals surface area contributed by atoms with Crippen LogP contribution < -0.4 is 5.32 Å². The lowest BCUT2D eigenvalue weighted by atomic mass is 10.2. The third-order valence-electron chi connectivity index (χ3n) is 3.93. The highest BCUT2D eigenvalue weighted by atomic mass is 32.1. The molecule has 2 aromatic heterocycles. The van der Waals surface area contributed by atoms with Crippen molar-refractivity contribution in [2.75, 3.05) is 20.3 Å². The summed E-state index contributed by atoms with van der Waals surface area (Å²) in [7, 11) is 1.63. The average Bonchev–Trinajstić information content (AvgIpc) is 3.16. The van der Waals surface area contributed by atoms with Gasteiger partial charge in [0.15, 0.2) is 0 Å². The zero-order valence-electron chi connectivity index (χ0n) is 15.6. The van der Waals surface area contributed by atoms with E-state index in [-0.39, 0.29) is 12.1 Å². The third-order valence-corrected chi connectivity index (χ3v) is 4.83. The summed E-state index contributed by atoms with van der Waals surface area (Å²) in [5.74, 6) is 0. The van der Waals surface area contributed by atoms with Gasteiger partial charge in [0.1, 0.15) is 0 Å². The highest BCUT2D eigenvalue weighted by molar-refractivity contribution is 7.11. The van der Waals surface area contributed by atoms with Crippen molar-refractivity contribution in [1.82, 2.24) is 25.0 Å². The first-order valence-electron chi connectivity index (χ1n) is 8.44. The number of nitrogens with one attached hydrogen (secondary N) is 1. The molecule has 0 aromatic carbocycles. The van der Waals surface area contributed by atoms with Crippen molar-refractivity contribution >= 4 is 17.4 Å². The lowest BCUT2D eigenvalue weighted by Crippen LogP contribution is -2.42. The van der Waals surface area contributed by atoms with E-state index in [9.17, 15) is 4.79 Å². The van der Waals surface area contributed by atoms with Crippen LogP contribution in [0.4, 0.5) is 4.79 Å². The van der Waals surface area contributed by atoms with E-state index in [2.05, 4.69) is 15.4 Å². The number of carbonyl (C=O) groups excluding carboxylic acids is 1. The second-order valence-corrected chi connectivity index (χ2v) is 7.37. The number of methoxy groups -OCH3 is 1. The summed E-state index contributed by atoms with van der Waals surface area (Å²) in [6.45, 7) is 10.3. The van der Waals surface area contributed by atoms with Gasteiger partial charge in [-0.15, -0.1) is 11.3 Å². The molecule has 7 nitrogen and oxygen atoms in total. The van der Waals surface area contributed by atoms with Gasteiger partial charge in [0, 0.05) is 36.8 Å². The van der Waals surface area contributed by atoms with Crippen molar-refractivity contribution in [3.63, 3.8) is 0 Å². The van der Waals surface area contributed by atoms with E-state index in [1.54, 1.807) is 29.5 Å². The molecule has 0 saturated heterocycles. The van der Waals surface area contributed by atoms with E-state index in [1.165, 1.54) is 0 Å². The Bertz CT molecular complexity index is 697. The first-order chi connectivity index (χ1) is 11.9. The molecular weight excluding hydrogens is 338 g/mol. The first kappa shape index (κ1) is 19.4. The molecule has 2 heterocycles. The predicted molar refractivity (Wildman–Crippen MR) is 98.7 cm³/mol. The Labute approximate surface area is 153 Å².